The Labute approximate surface area is 144 Å². The molecule has 4 aliphatic rings. The molecule has 5 rings (SSSR count). The van der Waals surface area contributed by atoms with Gasteiger partial charge in [-0.1, -0.05) is 0 Å². The second-order valence-electron chi connectivity index (χ2n) is 7.54. The predicted molar refractivity (Wildman–Crippen MR) is 92.7 cm³/mol. The number of fused-ring (bicyclic) bond motifs is 3. The van der Waals surface area contributed by atoms with E-state index in [0.29, 0.717) is 6.42 Å². The maximum atomic E-state index is 12.5. The zero-order chi connectivity index (χ0) is 16.5. The molecule has 0 saturated carbocycles. The third-order valence-corrected chi connectivity index (χ3v) is 6.25. The van der Waals surface area contributed by atoms with Crippen LogP contribution in [0.5, 0.6) is 0 Å². The highest BCUT2D eigenvalue weighted by Gasteiger charge is 2.38. The van der Waals surface area contributed by atoms with E-state index in [4.69, 9.17) is 0 Å². The third-order valence-electron chi connectivity index (χ3n) is 6.25. The van der Waals surface area contributed by atoms with Crippen molar-refractivity contribution in [3.63, 3.8) is 0 Å². The van der Waals surface area contributed by atoms with Gasteiger partial charge in [0.15, 0.2) is 0 Å². The molecular formula is C18H29N5O. The van der Waals surface area contributed by atoms with Crippen molar-refractivity contribution in [2.24, 2.45) is 5.92 Å². The summed E-state index contributed by atoms with van der Waals surface area (Å²) < 4.78 is 2.06. The third kappa shape index (κ3) is 3.22. The first kappa shape index (κ1) is 16.1. The van der Waals surface area contributed by atoms with E-state index < -0.39 is 0 Å². The zero-order valence-electron chi connectivity index (χ0n) is 14.7. The molecule has 132 valence electrons. The van der Waals surface area contributed by atoms with Crippen molar-refractivity contribution in [2.45, 2.75) is 38.8 Å². The van der Waals surface area contributed by atoms with Gasteiger partial charge in [-0.05, 0) is 38.8 Å². The highest BCUT2D eigenvalue weighted by molar-refractivity contribution is 5.76. The molecule has 0 radical (unpaired) electrons. The number of hydrogen-bond donors (Lipinski definition) is 0. The summed E-state index contributed by atoms with van der Waals surface area (Å²) >= 11 is 0. The van der Waals surface area contributed by atoms with Gasteiger partial charge in [0.05, 0.1) is 0 Å². The summed E-state index contributed by atoms with van der Waals surface area (Å²) in [5.74, 6) is 2.16. The molecule has 0 aromatic carbocycles. The summed E-state index contributed by atoms with van der Waals surface area (Å²) in [5, 5.41) is 0. The molecular weight excluding hydrogens is 302 g/mol. The van der Waals surface area contributed by atoms with Crippen molar-refractivity contribution in [1.82, 2.24) is 24.3 Å². The van der Waals surface area contributed by atoms with Crippen molar-refractivity contribution < 1.29 is 4.79 Å². The Hall–Kier alpha value is -1.40. The number of imidazole rings is 1. The van der Waals surface area contributed by atoms with Crippen molar-refractivity contribution in [2.75, 3.05) is 45.8 Å². The van der Waals surface area contributed by atoms with Crippen LogP contribution < -0.4 is 0 Å². The average Bonchev–Trinajstić information content (AvgIpc) is 3.06. The molecule has 0 N–H and O–H groups in total. The SMILES string of the molecule is Cc1nccn1CCC(=O)N1CCN(C2CN3CCC2CC3)CC1. The van der Waals surface area contributed by atoms with E-state index in [-0.39, 0.29) is 5.91 Å². The van der Waals surface area contributed by atoms with Crippen LogP contribution in [0.2, 0.25) is 0 Å². The normalized spacial score (nSPS) is 30.7. The summed E-state index contributed by atoms with van der Waals surface area (Å²) in [4.78, 5) is 24.0. The number of piperazine rings is 1. The molecule has 5 heterocycles. The second-order valence-corrected chi connectivity index (χ2v) is 7.54. The van der Waals surface area contributed by atoms with E-state index in [2.05, 4.69) is 24.3 Å². The van der Waals surface area contributed by atoms with Gasteiger partial charge in [-0.2, -0.15) is 0 Å². The molecule has 1 atom stereocenters. The largest absolute Gasteiger partial charge is 0.340 e. The molecule has 6 nitrogen and oxygen atoms in total. The number of aryl methyl sites for hydroxylation is 2. The molecule has 6 heteroatoms. The molecule has 1 unspecified atom stereocenters. The second kappa shape index (κ2) is 6.84. The molecule has 4 saturated heterocycles. The number of carbonyl (C=O) groups excluding carboxylic acids is 1. The first-order chi connectivity index (χ1) is 11.7. The van der Waals surface area contributed by atoms with Crippen LogP contribution in [-0.2, 0) is 11.3 Å². The number of aromatic nitrogens is 2. The van der Waals surface area contributed by atoms with Crippen LogP contribution >= 0.6 is 0 Å². The van der Waals surface area contributed by atoms with Crippen LogP contribution in [0.1, 0.15) is 25.1 Å². The van der Waals surface area contributed by atoms with Crippen LogP contribution in [-0.4, -0.2) is 82.0 Å². The number of rotatable bonds is 4. The minimum absolute atomic E-state index is 0.289. The number of nitrogens with zero attached hydrogens (tertiary/aromatic N) is 5. The Kier molecular flexibility index (Phi) is 4.59. The van der Waals surface area contributed by atoms with Gasteiger partial charge in [0.2, 0.25) is 5.91 Å². The lowest BCUT2D eigenvalue weighted by Crippen LogP contribution is -2.61. The quantitative estimate of drug-likeness (QED) is 0.819. The first-order valence-corrected chi connectivity index (χ1v) is 9.42. The van der Waals surface area contributed by atoms with Crippen molar-refractivity contribution >= 4 is 5.91 Å². The lowest BCUT2D eigenvalue weighted by atomic mass is 9.83. The summed E-state index contributed by atoms with van der Waals surface area (Å²) in [6.07, 6.45) is 7.07. The number of piperidine rings is 3. The smallest absolute Gasteiger partial charge is 0.224 e. The molecule has 1 aromatic rings. The fraction of sp³-hybridized carbons (Fsp3) is 0.778. The van der Waals surface area contributed by atoms with Crippen LogP contribution in [0, 0.1) is 12.8 Å². The minimum atomic E-state index is 0.289. The van der Waals surface area contributed by atoms with Gasteiger partial charge < -0.3 is 14.4 Å². The Bertz CT molecular complexity index is 570. The Balaban J connectivity index is 1.25. The highest BCUT2D eigenvalue weighted by Crippen LogP contribution is 2.31. The molecule has 1 amide bonds. The number of hydrogen-bond acceptors (Lipinski definition) is 4. The van der Waals surface area contributed by atoms with Crippen molar-refractivity contribution in [3.8, 4) is 0 Å². The predicted octanol–water partition coefficient (Wildman–Crippen LogP) is 0.820. The van der Waals surface area contributed by atoms with Gasteiger partial charge >= 0.3 is 0 Å². The number of carbonyl (C=O) groups is 1. The van der Waals surface area contributed by atoms with Crippen molar-refractivity contribution in [1.29, 1.82) is 0 Å². The van der Waals surface area contributed by atoms with Crippen molar-refractivity contribution in [3.05, 3.63) is 18.2 Å². The molecule has 0 aliphatic carbocycles. The average molecular weight is 331 g/mol. The van der Waals surface area contributed by atoms with Gasteiger partial charge in [0.25, 0.3) is 0 Å². The number of amides is 1. The van der Waals surface area contributed by atoms with Gasteiger partial charge in [-0.3, -0.25) is 9.69 Å². The standard InChI is InChI=1S/C18H29N5O/c1-15-19-5-9-21(15)8-4-18(24)23-12-10-22(11-13-23)17-14-20-6-2-16(17)3-7-20/h5,9,16-17H,2-4,6-8,10-14H2,1H3. The maximum Gasteiger partial charge on any atom is 0.224 e. The van der Waals surface area contributed by atoms with E-state index >= 15 is 0 Å². The monoisotopic (exact) mass is 331 g/mol. The maximum absolute atomic E-state index is 12.5. The van der Waals surface area contributed by atoms with Gasteiger partial charge in [-0.25, -0.2) is 4.98 Å². The topological polar surface area (TPSA) is 44.6 Å². The van der Waals surface area contributed by atoms with E-state index in [1.165, 1.54) is 32.5 Å². The van der Waals surface area contributed by atoms with Crippen LogP contribution in [0.25, 0.3) is 0 Å². The lowest BCUT2D eigenvalue weighted by molar-refractivity contribution is -0.134. The summed E-state index contributed by atoms with van der Waals surface area (Å²) in [6.45, 7) is 10.5. The van der Waals surface area contributed by atoms with Gasteiger partial charge in [-0.15, -0.1) is 0 Å². The first-order valence-electron chi connectivity index (χ1n) is 9.42. The highest BCUT2D eigenvalue weighted by atomic mass is 16.2. The molecule has 24 heavy (non-hydrogen) atoms. The molecule has 0 spiro atoms. The molecule has 4 fully saturated rings. The van der Waals surface area contributed by atoms with E-state index in [1.807, 2.05) is 13.1 Å². The summed E-state index contributed by atoms with van der Waals surface area (Å²) in [5.41, 5.74) is 0. The molecule has 4 aliphatic heterocycles. The molecule has 1 aromatic heterocycles. The Morgan fingerprint density at radius 1 is 1.17 bits per heavy atom. The fourth-order valence-electron chi connectivity index (χ4n) is 4.66. The summed E-state index contributed by atoms with van der Waals surface area (Å²) in [7, 11) is 0. The van der Waals surface area contributed by atoms with Gasteiger partial charge in [0, 0.05) is 64.1 Å². The van der Waals surface area contributed by atoms with Crippen LogP contribution in [0.15, 0.2) is 12.4 Å². The van der Waals surface area contributed by atoms with Crippen LogP contribution in [0.4, 0.5) is 0 Å². The van der Waals surface area contributed by atoms with E-state index in [1.54, 1.807) is 6.20 Å². The fourth-order valence-corrected chi connectivity index (χ4v) is 4.66. The van der Waals surface area contributed by atoms with Gasteiger partial charge in [0.1, 0.15) is 5.82 Å². The summed E-state index contributed by atoms with van der Waals surface area (Å²) in [6, 6.07) is 0.735. The molecule has 2 bridgehead atoms. The minimum Gasteiger partial charge on any atom is -0.340 e. The van der Waals surface area contributed by atoms with Crippen LogP contribution in [0.3, 0.4) is 0 Å². The zero-order valence-corrected chi connectivity index (χ0v) is 14.7. The van der Waals surface area contributed by atoms with E-state index in [0.717, 1.165) is 50.5 Å². The Morgan fingerprint density at radius 2 is 1.92 bits per heavy atom. The van der Waals surface area contributed by atoms with E-state index in [9.17, 15) is 4.79 Å². The lowest BCUT2D eigenvalue weighted by Gasteiger charge is -2.51. The Morgan fingerprint density at radius 3 is 2.50 bits per heavy atom.